The van der Waals surface area contributed by atoms with Crippen molar-refractivity contribution in [3.8, 4) is 11.5 Å². The Morgan fingerprint density at radius 2 is 2.00 bits per heavy atom. The van der Waals surface area contributed by atoms with Crippen LogP contribution < -0.4 is 4.74 Å². The fourth-order valence-corrected chi connectivity index (χ4v) is 3.82. The minimum absolute atomic E-state index is 0.0638. The van der Waals surface area contributed by atoms with E-state index in [0.29, 0.717) is 6.07 Å². The molecule has 1 unspecified atom stereocenters. The Balaban J connectivity index is 2.16. The standard InChI is InChI=1S/C15H10ClF4NO4S/c16-7-3-8(6-21-5-7)25-10-1-2-11(26(23,24)14(17)18)12-9(10)4-15(19,20)13(12)22/h1-3,5-6,13-14,22H,4H2. The second-order valence-electron chi connectivity index (χ2n) is 5.54. The highest BCUT2D eigenvalue weighted by Crippen LogP contribution is 2.50. The van der Waals surface area contributed by atoms with Gasteiger partial charge in [0.15, 0.2) is 0 Å². The molecule has 3 rings (SSSR count). The molecule has 0 radical (unpaired) electrons. The maximum atomic E-state index is 14.0. The molecule has 0 bridgehead atoms. The topological polar surface area (TPSA) is 76.5 Å². The van der Waals surface area contributed by atoms with E-state index in [1.165, 1.54) is 18.5 Å². The number of pyridine rings is 1. The van der Waals surface area contributed by atoms with Crippen LogP contribution in [-0.4, -0.2) is 30.2 Å². The molecule has 1 N–H and O–H groups in total. The van der Waals surface area contributed by atoms with E-state index >= 15 is 0 Å². The zero-order valence-electron chi connectivity index (χ0n) is 12.7. The van der Waals surface area contributed by atoms with Crippen LogP contribution >= 0.6 is 11.6 Å². The average molecular weight is 412 g/mol. The van der Waals surface area contributed by atoms with Gasteiger partial charge in [-0.2, -0.15) is 8.78 Å². The van der Waals surface area contributed by atoms with Crippen molar-refractivity contribution in [1.82, 2.24) is 4.98 Å². The molecule has 5 nitrogen and oxygen atoms in total. The fourth-order valence-electron chi connectivity index (χ4n) is 2.66. The lowest BCUT2D eigenvalue weighted by Crippen LogP contribution is -2.23. The molecule has 1 aromatic heterocycles. The van der Waals surface area contributed by atoms with Crippen molar-refractivity contribution in [2.45, 2.75) is 29.1 Å². The molecule has 0 aliphatic heterocycles. The summed E-state index contributed by atoms with van der Waals surface area (Å²) in [5.74, 6) is -7.71. The molecular formula is C15H10ClF4NO4S. The summed E-state index contributed by atoms with van der Waals surface area (Å²) in [7, 11) is -5.20. The molecule has 1 aliphatic carbocycles. The average Bonchev–Trinajstić information content (AvgIpc) is 2.78. The van der Waals surface area contributed by atoms with Crippen LogP contribution in [-0.2, 0) is 16.3 Å². The first kappa shape index (κ1) is 18.9. The van der Waals surface area contributed by atoms with Crippen LogP contribution in [0.1, 0.15) is 17.2 Å². The van der Waals surface area contributed by atoms with Crippen molar-refractivity contribution < 1.29 is 35.8 Å². The molecule has 1 aromatic carbocycles. The summed E-state index contributed by atoms with van der Waals surface area (Å²) in [6.45, 7) is 0. The quantitative estimate of drug-likeness (QED) is 0.775. The third-order valence-corrected chi connectivity index (χ3v) is 5.45. The van der Waals surface area contributed by atoms with Crippen LogP contribution in [0.4, 0.5) is 17.6 Å². The first-order chi connectivity index (χ1) is 12.0. The van der Waals surface area contributed by atoms with E-state index in [-0.39, 0.29) is 22.1 Å². The van der Waals surface area contributed by atoms with Gasteiger partial charge in [-0.25, -0.2) is 17.2 Å². The van der Waals surface area contributed by atoms with E-state index < -0.39 is 44.5 Å². The van der Waals surface area contributed by atoms with Gasteiger partial charge < -0.3 is 9.84 Å². The van der Waals surface area contributed by atoms with Gasteiger partial charge in [-0.05, 0) is 12.1 Å². The number of rotatable bonds is 4. The monoisotopic (exact) mass is 411 g/mol. The van der Waals surface area contributed by atoms with Gasteiger partial charge in [-0.3, -0.25) is 4.98 Å². The zero-order valence-corrected chi connectivity index (χ0v) is 14.2. The molecular weight excluding hydrogens is 402 g/mol. The minimum Gasteiger partial charge on any atom is -0.455 e. The van der Waals surface area contributed by atoms with Gasteiger partial charge in [-0.1, -0.05) is 11.6 Å². The normalized spacial score (nSPS) is 18.8. The van der Waals surface area contributed by atoms with Crippen molar-refractivity contribution in [2.24, 2.45) is 0 Å². The van der Waals surface area contributed by atoms with Crippen molar-refractivity contribution in [2.75, 3.05) is 0 Å². The van der Waals surface area contributed by atoms with Crippen molar-refractivity contribution in [3.63, 3.8) is 0 Å². The smallest absolute Gasteiger partial charge is 0.341 e. The molecule has 1 aliphatic rings. The third-order valence-electron chi connectivity index (χ3n) is 3.81. The lowest BCUT2D eigenvalue weighted by Gasteiger charge is -2.16. The molecule has 0 saturated heterocycles. The second kappa shape index (κ2) is 6.36. The number of aliphatic hydroxyl groups excluding tert-OH is 1. The van der Waals surface area contributed by atoms with Gasteiger partial charge in [0, 0.05) is 29.8 Å². The van der Waals surface area contributed by atoms with E-state index in [1.54, 1.807) is 0 Å². The Hall–Kier alpha value is -1.91. The summed E-state index contributed by atoms with van der Waals surface area (Å²) >= 11 is 5.75. The predicted octanol–water partition coefficient (Wildman–Crippen LogP) is 3.75. The van der Waals surface area contributed by atoms with Crippen molar-refractivity contribution in [1.29, 1.82) is 0 Å². The van der Waals surface area contributed by atoms with Crippen LogP contribution in [0.25, 0.3) is 0 Å². The molecule has 1 heterocycles. The number of aliphatic hydroxyl groups is 1. The Morgan fingerprint density at radius 3 is 2.62 bits per heavy atom. The van der Waals surface area contributed by atoms with E-state index in [4.69, 9.17) is 16.3 Å². The Labute approximate surface area is 150 Å². The summed E-state index contributed by atoms with van der Waals surface area (Å²) in [6, 6.07) is 3.01. The molecule has 0 saturated carbocycles. The predicted molar refractivity (Wildman–Crippen MR) is 82.6 cm³/mol. The number of benzene rings is 1. The molecule has 1 atom stereocenters. The number of aromatic nitrogens is 1. The first-order valence-electron chi connectivity index (χ1n) is 7.06. The van der Waals surface area contributed by atoms with E-state index in [0.717, 1.165) is 6.07 Å². The molecule has 26 heavy (non-hydrogen) atoms. The van der Waals surface area contributed by atoms with Crippen molar-refractivity contribution >= 4 is 21.4 Å². The van der Waals surface area contributed by atoms with Gasteiger partial charge in [0.2, 0.25) is 9.84 Å². The lowest BCUT2D eigenvalue weighted by atomic mass is 10.1. The number of alkyl halides is 4. The zero-order chi connectivity index (χ0) is 19.3. The molecule has 0 spiro atoms. The summed E-state index contributed by atoms with van der Waals surface area (Å²) in [5.41, 5.74) is -1.16. The fraction of sp³-hybridized carbons (Fsp3) is 0.267. The summed E-state index contributed by atoms with van der Waals surface area (Å²) in [5, 5.41) is 10.0. The number of halogens is 5. The van der Waals surface area contributed by atoms with Crippen LogP contribution in [0.15, 0.2) is 35.5 Å². The molecule has 140 valence electrons. The Bertz CT molecular complexity index is 968. The van der Waals surface area contributed by atoms with Gasteiger partial charge >= 0.3 is 5.76 Å². The van der Waals surface area contributed by atoms with Gasteiger partial charge in [0.1, 0.15) is 17.6 Å². The number of fused-ring (bicyclic) bond motifs is 1. The minimum atomic E-state index is -5.20. The number of hydrogen-bond acceptors (Lipinski definition) is 5. The number of sulfone groups is 1. The van der Waals surface area contributed by atoms with E-state index in [9.17, 15) is 31.1 Å². The highest BCUT2D eigenvalue weighted by Gasteiger charge is 2.51. The Kier molecular flexibility index (Phi) is 4.62. The number of ether oxygens (including phenoxy) is 1. The first-order valence-corrected chi connectivity index (χ1v) is 8.98. The number of nitrogens with zero attached hydrogens (tertiary/aromatic N) is 1. The molecule has 2 aromatic rings. The van der Waals surface area contributed by atoms with Gasteiger partial charge in [0.05, 0.1) is 16.1 Å². The maximum Gasteiger partial charge on any atom is 0.341 e. The lowest BCUT2D eigenvalue weighted by molar-refractivity contribution is -0.0976. The third kappa shape index (κ3) is 3.12. The number of hydrogen-bond donors (Lipinski definition) is 1. The van der Waals surface area contributed by atoms with E-state index in [1.807, 2.05) is 0 Å². The summed E-state index contributed by atoms with van der Waals surface area (Å²) in [4.78, 5) is 2.70. The van der Waals surface area contributed by atoms with Gasteiger partial charge in [-0.15, -0.1) is 0 Å². The highest BCUT2D eigenvalue weighted by atomic mass is 35.5. The van der Waals surface area contributed by atoms with Crippen molar-refractivity contribution in [3.05, 3.63) is 46.7 Å². The molecule has 0 fully saturated rings. The van der Waals surface area contributed by atoms with Crippen LogP contribution in [0.2, 0.25) is 5.02 Å². The van der Waals surface area contributed by atoms with Crippen LogP contribution in [0.5, 0.6) is 11.5 Å². The van der Waals surface area contributed by atoms with E-state index in [2.05, 4.69) is 4.98 Å². The van der Waals surface area contributed by atoms with Crippen LogP contribution in [0, 0.1) is 0 Å². The largest absolute Gasteiger partial charge is 0.455 e. The Morgan fingerprint density at radius 1 is 1.31 bits per heavy atom. The molecule has 0 amide bonds. The summed E-state index contributed by atoms with van der Waals surface area (Å²) < 4.78 is 82.6. The molecule has 11 heteroatoms. The second-order valence-corrected chi connectivity index (χ2v) is 7.86. The SMILES string of the molecule is O=S(=O)(c1ccc(Oc2cncc(Cl)c2)c2c1C(O)C(F)(F)C2)C(F)F. The summed E-state index contributed by atoms with van der Waals surface area (Å²) in [6.07, 6.45) is -1.10. The van der Waals surface area contributed by atoms with Crippen LogP contribution in [0.3, 0.4) is 0 Å². The maximum absolute atomic E-state index is 14.0. The highest BCUT2D eigenvalue weighted by molar-refractivity contribution is 7.91. The van der Waals surface area contributed by atoms with Gasteiger partial charge in [0.25, 0.3) is 5.92 Å².